The summed E-state index contributed by atoms with van der Waals surface area (Å²) in [6.45, 7) is 0. The Balaban J connectivity index is 1.33. The zero-order valence-corrected chi connectivity index (χ0v) is 24.5. The molecule has 9 aromatic rings. The van der Waals surface area contributed by atoms with Gasteiger partial charge in [0.05, 0.1) is 34.9 Å². The Kier molecular flexibility index (Phi) is 6.03. The molecule has 0 spiro atoms. The molecule has 46 heavy (non-hydrogen) atoms. The maximum Gasteiger partial charge on any atom is 0.227 e. The first-order chi connectivity index (χ1) is 22.8. The standard InChI is InChI=1S/C40H24N4O2/c1-2-8-29-25(6-1)7-5-11-30(29)26-12-15-33-34(22-26)38(36-17-14-28(24-44-36)40-42-19-21-46-40)32-10-4-3-9-31(32)37(33)35-16-13-27(23-43-35)39-41-18-20-45-39/h1-24H. The van der Waals surface area contributed by atoms with Crippen molar-refractivity contribution in [3.8, 4) is 56.6 Å². The molecule has 9 rings (SSSR count). The van der Waals surface area contributed by atoms with Gasteiger partial charge in [0.25, 0.3) is 0 Å². The molecule has 0 aliphatic rings. The molecule has 0 unspecified atom stereocenters. The van der Waals surface area contributed by atoms with Gasteiger partial charge in [0.1, 0.15) is 12.5 Å². The quantitative estimate of drug-likeness (QED) is 0.185. The maximum absolute atomic E-state index is 5.53. The van der Waals surface area contributed by atoms with E-state index in [1.54, 1.807) is 24.9 Å². The summed E-state index contributed by atoms with van der Waals surface area (Å²) < 4.78 is 11.1. The number of aromatic nitrogens is 4. The number of pyridine rings is 2. The largest absolute Gasteiger partial charge is 0.444 e. The summed E-state index contributed by atoms with van der Waals surface area (Å²) in [5, 5.41) is 6.79. The van der Waals surface area contributed by atoms with E-state index in [-0.39, 0.29) is 0 Å². The van der Waals surface area contributed by atoms with Crippen molar-refractivity contribution in [1.29, 1.82) is 0 Å². The Morgan fingerprint density at radius 3 is 1.54 bits per heavy atom. The topological polar surface area (TPSA) is 77.8 Å². The summed E-state index contributed by atoms with van der Waals surface area (Å²) in [5.41, 5.74) is 7.83. The number of rotatable bonds is 5. The van der Waals surface area contributed by atoms with Crippen LogP contribution in [0.15, 0.2) is 155 Å². The summed E-state index contributed by atoms with van der Waals surface area (Å²) in [6, 6.07) is 38.3. The van der Waals surface area contributed by atoms with Gasteiger partial charge in [0.15, 0.2) is 0 Å². The van der Waals surface area contributed by atoms with E-state index in [4.69, 9.17) is 18.8 Å². The van der Waals surface area contributed by atoms with Crippen LogP contribution in [0, 0.1) is 0 Å². The van der Waals surface area contributed by atoms with Gasteiger partial charge < -0.3 is 8.83 Å². The monoisotopic (exact) mass is 592 g/mol. The van der Waals surface area contributed by atoms with Crippen molar-refractivity contribution in [3.05, 3.63) is 147 Å². The highest BCUT2D eigenvalue weighted by molar-refractivity contribution is 6.21. The molecule has 0 bridgehead atoms. The molecule has 0 aliphatic heterocycles. The lowest BCUT2D eigenvalue weighted by Gasteiger charge is -2.18. The van der Waals surface area contributed by atoms with Crippen LogP contribution in [-0.4, -0.2) is 19.9 Å². The minimum atomic E-state index is 0.543. The summed E-state index contributed by atoms with van der Waals surface area (Å²) in [6.07, 6.45) is 10.1. The molecule has 0 saturated carbocycles. The maximum atomic E-state index is 5.53. The molecule has 4 heterocycles. The fourth-order valence-corrected chi connectivity index (χ4v) is 6.44. The third-order valence-corrected chi connectivity index (χ3v) is 8.52. The van der Waals surface area contributed by atoms with Crippen molar-refractivity contribution in [2.24, 2.45) is 0 Å². The van der Waals surface area contributed by atoms with Crippen LogP contribution in [0.2, 0.25) is 0 Å². The number of hydrogen-bond donors (Lipinski definition) is 0. The molecule has 0 atom stereocenters. The van der Waals surface area contributed by atoms with Gasteiger partial charge in [-0.25, -0.2) is 9.97 Å². The number of oxazole rings is 2. The molecule has 0 radical (unpaired) electrons. The van der Waals surface area contributed by atoms with Crippen molar-refractivity contribution >= 4 is 32.3 Å². The van der Waals surface area contributed by atoms with Crippen molar-refractivity contribution < 1.29 is 8.83 Å². The molecule has 0 amide bonds. The zero-order valence-electron chi connectivity index (χ0n) is 24.5. The average molecular weight is 593 g/mol. The SMILES string of the molecule is c1ccc2c(-c3ccc4c(-c5ccc(-c6ncco6)cn5)c5ccccc5c(-c5ccc(-c6ncco6)cn5)c4c3)cccc2c1. The van der Waals surface area contributed by atoms with E-state index in [2.05, 4.69) is 101 Å². The Labute approximate surface area is 263 Å². The fraction of sp³-hybridized carbons (Fsp3) is 0. The van der Waals surface area contributed by atoms with Gasteiger partial charge in [-0.3, -0.25) is 9.97 Å². The van der Waals surface area contributed by atoms with Crippen molar-refractivity contribution in [2.75, 3.05) is 0 Å². The Morgan fingerprint density at radius 2 is 0.957 bits per heavy atom. The Bertz CT molecular complexity index is 2500. The van der Waals surface area contributed by atoms with E-state index in [1.807, 2.05) is 30.6 Å². The minimum Gasteiger partial charge on any atom is -0.444 e. The number of hydrogen-bond acceptors (Lipinski definition) is 6. The molecule has 216 valence electrons. The lowest BCUT2D eigenvalue weighted by atomic mass is 9.86. The first kappa shape index (κ1) is 26.0. The van der Waals surface area contributed by atoms with Gasteiger partial charge in [-0.2, -0.15) is 0 Å². The van der Waals surface area contributed by atoms with E-state index in [0.29, 0.717) is 11.8 Å². The van der Waals surface area contributed by atoms with Crippen LogP contribution < -0.4 is 0 Å². The summed E-state index contributed by atoms with van der Waals surface area (Å²) in [7, 11) is 0. The van der Waals surface area contributed by atoms with Gasteiger partial charge in [-0.05, 0) is 73.8 Å². The molecular weight excluding hydrogens is 568 g/mol. The van der Waals surface area contributed by atoms with Gasteiger partial charge in [0.2, 0.25) is 11.8 Å². The predicted molar refractivity (Wildman–Crippen MR) is 182 cm³/mol. The zero-order chi connectivity index (χ0) is 30.5. The first-order valence-corrected chi connectivity index (χ1v) is 15.0. The molecule has 0 saturated heterocycles. The molecule has 0 N–H and O–H groups in total. The second-order valence-corrected chi connectivity index (χ2v) is 11.1. The highest BCUT2D eigenvalue weighted by Crippen LogP contribution is 2.44. The van der Waals surface area contributed by atoms with Crippen molar-refractivity contribution in [3.63, 3.8) is 0 Å². The minimum absolute atomic E-state index is 0.543. The molecule has 4 aromatic heterocycles. The van der Waals surface area contributed by atoms with E-state index >= 15 is 0 Å². The third-order valence-electron chi connectivity index (χ3n) is 8.52. The number of nitrogens with zero attached hydrogens (tertiary/aromatic N) is 4. The van der Waals surface area contributed by atoms with Crippen LogP contribution in [0.5, 0.6) is 0 Å². The molecular formula is C40H24N4O2. The van der Waals surface area contributed by atoms with Crippen LogP contribution in [0.4, 0.5) is 0 Å². The Morgan fingerprint density at radius 1 is 0.413 bits per heavy atom. The fourth-order valence-electron chi connectivity index (χ4n) is 6.44. The van der Waals surface area contributed by atoms with E-state index in [1.165, 1.54) is 16.3 Å². The summed E-state index contributed by atoms with van der Waals surface area (Å²) >= 11 is 0. The van der Waals surface area contributed by atoms with Crippen LogP contribution in [-0.2, 0) is 0 Å². The van der Waals surface area contributed by atoms with Crippen molar-refractivity contribution in [1.82, 2.24) is 19.9 Å². The van der Waals surface area contributed by atoms with Crippen LogP contribution in [0.25, 0.3) is 88.9 Å². The second kappa shape index (κ2) is 10.6. The second-order valence-electron chi connectivity index (χ2n) is 11.1. The van der Waals surface area contributed by atoms with E-state index < -0.39 is 0 Å². The number of fused-ring (bicyclic) bond motifs is 3. The van der Waals surface area contributed by atoms with Gasteiger partial charge in [-0.15, -0.1) is 0 Å². The highest BCUT2D eigenvalue weighted by atomic mass is 16.3. The average Bonchev–Trinajstić information content (AvgIpc) is 3.87. The van der Waals surface area contributed by atoms with E-state index in [9.17, 15) is 0 Å². The summed E-state index contributed by atoms with van der Waals surface area (Å²) in [5.74, 6) is 1.09. The van der Waals surface area contributed by atoms with E-state index in [0.717, 1.165) is 60.8 Å². The smallest absolute Gasteiger partial charge is 0.227 e. The van der Waals surface area contributed by atoms with Gasteiger partial charge in [0, 0.05) is 23.5 Å². The Hall–Kier alpha value is -6.40. The normalized spacial score (nSPS) is 11.5. The summed E-state index contributed by atoms with van der Waals surface area (Å²) in [4.78, 5) is 18.5. The molecule has 0 fully saturated rings. The molecule has 5 aromatic carbocycles. The lowest BCUT2D eigenvalue weighted by molar-refractivity contribution is 0.574. The molecule has 6 nitrogen and oxygen atoms in total. The van der Waals surface area contributed by atoms with Gasteiger partial charge in [-0.1, -0.05) is 78.9 Å². The highest BCUT2D eigenvalue weighted by Gasteiger charge is 2.20. The van der Waals surface area contributed by atoms with Crippen LogP contribution in [0.3, 0.4) is 0 Å². The van der Waals surface area contributed by atoms with Crippen molar-refractivity contribution in [2.45, 2.75) is 0 Å². The number of benzene rings is 5. The first-order valence-electron chi connectivity index (χ1n) is 15.0. The molecule has 6 heteroatoms. The predicted octanol–water partition coefficient (Wildman–Crippen LogP) is 10.2. The lowest BCUT2D eigenvalue weighted by Crippen LogP contribution is -1.95. The third kappa shape index (κ3) is 4.27. The molecule has 0 aliphatic carbocycles. The van der Waals surface area contributed by atoms with Crippen LogP contribution >= 0.6 is 0 Å². The van der Waals surface area contributed by atoms with Crippen LogP contribution in [0.1, 0.15) is 0 Å². The van der Waals surface area contributed by atoms with Gasteiger partial charge >= 0.3 is 0 Å².